The molecule has 6 heteroatoms. The Morgan fingerprint density at radius 3 is 2.30 bits per heavy atom. The van der Waals surface area contributed by atoms with Crippen molar-refractivity contribution in [2.45, 2.75) is 25.5 Å². The zero-order chi connectivity index (χ0) is 23.4. The van der Waals surface area contributed by atoms with Crippen LogP contribution in [-0.2, 0) is 16.0 Å². The van der Waals surface area contributed by atoms with Gasteiger partial charge in [-0.05, 0) is 61.2 Å². The number of nitriles is 1. The molecule has 33 heavy (non-hydrogen) atoms. The summed E-state index contributed by atoms with van der Waals surface area (Å²) in [4.78, 5) is 28.1. The standard InChI is InChI=1S/C27H23N3O2S/c1-18-13-14-22(15-19(18)2)30-26(32)24(16-20-9-5-3-6-10-20)33-27(30)23(17-28)25(31)29-21-11-7-4-8-12-21/h3-15,24H,16H2,1-2H3,(H,29,31)/b27-23-. The van der Waals surface area contributed by atoms with Crippen molar-refractivity contribution in [3.05, 3.63) is 106 Å². The molecule has 0 spiro atoms. The fraction of sp³-hybridized carbons (Fsp3) is 0.148. The number of thioether (sulfide) groups is 1. The summed E-state index contributed by atoms with van der Waals surface area (Å²) in [5.74, 6) is -0.671. The molecule has 1 atom stereocenters. The van der Waals surface area contributed by atoms with E-state index in [1.54, 1.807) is 24.3 Å². The Kier molecular flexibility index (Phi) is 6.62. The van der Waals surface area contributed by atoms with E-state index in [9.17, 15) is 14.9 Å². The SMILES string of the molecule is Cc1ccc(N2C(=O)C(Cc3ccccc3)S/C2=C(/C#N)C(=O)Nc2ccccc2)cc1C. The first kappa shape index (κ1) is 22.4. The average Bonchev–Trinajstić information content (AvgIpc) is 3.13. The Balaban J connectivity index is 1.75. The first-order chi connectivity index (χ1) is 16.0. The van der Waals surface area contributed by atoms with E-state index in [1.165, 1.54) is 16.7 Å². The van der Waals surface area contributed by atoms with Crippen LogP contribution in [0, 0.1) is 25.2 Å². The summed E-state index contributed by atoms with van der Waals surface area (Å²) in [7, 11) is 0. The van der Waals surface area contributed by atoms with Gasteiger partial charge in [0.25, 0.3) is 5.91 Å². The molecular formula is C27H23N3O2S. The maximum absolute atomic E-state index is 13.5. The van der Waals surface area contributed by atoms with Gasteiger partial charge in [-0.25, -0.2) is 0 Å². The molecule has 3 aromatic carbocycles. The minimum Gasteiger partial charge on any atom is -0.321 e. The van der Waals surface area contributed by atoms with Crippen molar-refractivity contribution < 1.29 is 9.59 Å². The summed E-state index contributed by atoms with van der Waals surface area (Å²) >= 11 is 1.27. The predicted molar refractivity (Wildman–Crippen MR) is 133 cm³/mol. The predicted octanol–water partition coefficient (Wildman–Crippen LogP) is 5.37. The summed E-state index contributed by atoms with van der Waals surface area (Å²) < 4.78 is 0. The number of amides is 2. The number of benzene rings is 3. The van der Waals surface area contributed by atoms with E-state index < -0.39 is 11.2 Å². The van der Waals surface area contributed by atoms with Crippen molar-refractivity contribution in [3.63, 3.8) is 0 Å². The molecule has 0 bridgehead atoms. The molecule has 1 saturated heterocycles. The summed E-state index contributed by atoms with van der Waals surface area (Å²) in [5.41, 5.74) is 4.32. The van der Waals surface area contributed by atoms with Crippen LogP contribution in [0.2, 0.25) is 0 Å². The van der Waals surface area contributed by atoms with Crippen LogP contribution >= 0.6 is 11.8 Å². The van der Waals surface area contributed by atoms with E-state index in [1.807, 2.05) is 74.5 Å². The fourth-order valence-electron chi connectivity index (χ4n) is 3.63. The third kappa shape index (κ3) is 4.84. The van der Waals surface area contributed by atoms with Crippen molar-refractivity contribution in [1.82, 2.24) is 0 Å². The molecule has 1 aliphatic rings. The second-order valence-corrected chi connectivity index (χ2v) is 9.04. The van der Waals surface area contributed by atoms with Crippen LogP contribution < -0.4 is 10.2 Å². The number of aryl methyl sites for hydroxylation is 2. The molecule has 0 aliphatic carbocycles. The number of anilines is 2. The maximum atomic E-state index is 13.5. The van der Waals surface area contributed by atoms with Crippen molar-refractivity contribution >= 4 is 35.0 Å². The molecule has 0 saturated carbocycles. The lowest BCUT2D eigenvalue weighted by atomic mass is 10.1. The molecule has 3 aromatic rings. The summed E-state index contributed by atoms with van der Waals surface area (Å²) in [5, 5.41) is 12.6. The second kappa shape index (κ2) is 9.76. The van der Waals surface area contributed by atoms with Crippen LogP contribution in [0.15, 0.2) is 89.5 Å². The van der Waals surface area contributed by atoms with Crippen molar-refractivity contribution in [1.29, 1.82) is 5.26 Å². The third-order valence-electron chi connectivity index (χ3n) is 5.55. The quantitative estimate of drug-likeness (QED) is 0.416. The molecule has 0 radical (unpaired) electrons. The van der Waals surface area contributed by atoms with Crippen LogP contribution in [0.5, 0.6) is 0 Å². The highest BCUT2D eigenvalue weighted by Crippen LogP contribution is 2.42. The van der Waals surface area contributed by atoms with E-state index in [2.05, 4.69) is 5.32 Å². The van der Waals surface area contributed by atoms with Gasteiger partial charge in [0.1, 0.15) is 16.7 Å². The van der Waals surface area contributed by atoms with Crippen LogP contribution in [0.1, 0.15) is 16.7 Å². The number of carbonyl (C=O) groups is 2. The molecule has 2 amide bonds. The van der Waals surface area contributed by atoms with Gasteiger partial charge in [0.2, 0.25) is 5.91 Å². The second-order valence-electron chi connectivity index (χ2n) is 7.85. The molecule has 1 heterocycles. The molecule has 1 aliphatic heterocycles. The molecular weight excluding hydrogens is 430 g/mol. The Hall–Kier alpha value is -3.82. The van der Waals surface area contributed by atoms with E-state index in [0.29, 0.717) is 22.8 Å². The largest absolute Gasteiger partial charge is 0.321 e. The average molecular weight is 454 g/mol. The zero-order valence-electron chi connectivity index (χ0n) is 18.4. The van der Waals surface area contributed by atoms with Crippen molar-refractivity contribution in [2.75, 3.05) is 10.2 Å². The highest BCUT2D eigenvalue weighted by atomic mass is 32.2. The van der Waals surface area contributed by atoms with Gasteiger partial charge in [-0.3, -0.25) is 14.5 Å². The Morgan fingerprint density at radius 2 is 1.67 bits per heavy atom. The number of carbonyl (C=O) groups excluding carboxylic acids is 2. The molecule has 1 N–H and O–H groups in total. The lowest BCUT2D eigenvalue weighted by Gasteiger charge is -2.20. The first-order valence-corrected chi connectivity index (χ1v) is 11.5. The number of nitrogens with zero attached hydrogens (tertiary/aromatic N) is 2. The fourth-order valence-corrected chi connectivity index (χ4v) is 4.94. The Labute approximate surface area is 197 Å². The van der Waals surface area contributed by atoms with E-state index in [-0.39, 0.29) is 11.5 Å². The molecule has 5 nitrogen and oxygen atoms in total. The monoisotopic (exact) mass is 453 g/mol. The van der Waals surface area contributed by atoms with Gasteiger partial charge in [0.05, 0.1) is 5.25 Å². The van der Waals surface area contributed by atoms with Crippen LogP contribution in [0.4, 0.5) is 11.4 Å². The number of hydrogen-bond donors (Lipinski definition) is 1. The first-order valence-electron chi connectivity index (χ1n) is 10.6. The number of nitrogens with one attached hydrogen (secondary N) is 1. The lowest BCUT2D eigenvalue weighted by Crippen LogP contribution is -2.31. The topological polar surface area (TPSA) is 73.2 Å². The summed E-state index contributed by atoms with van der Waals surface area (Å²) in [6.45, 7) is 3.98. The van der Waals surface area contributed by atoms with Gasteiger partial charge >= 0.3 is 0 Å². The zero-order valence-corrected chi connectivity index (χ0v) is 19.2. The van der Waals surface area contributed by atoms with Crippen LogP contribution in [0.25, 0.3) is 0 Å². The minimum atomic E-state index is -0.534. The van der Waals surface area contributed by atoms with E-state index in [0.717, 1.165) is 16.7 Å². The number of para-hydroxylation sites is 1. The van der Waals surface area contributed by atoms with Crippen LogP contribution in [0.3, 0.4) is 0 Å². The third-order valence-corrected chi connectivity index (χ3v) is 6.81. The van der Waals surface area contributed by atoms with Gasteiger partial charge < -0.3 is 5.32 Å². The maximum Gasteiger partial charge on any atom is 0.269 e. The summed E-state index contributed by atoms with van der Waals surface area (Å²) in [6.07, 6.45) is 0.508. The molecule has 0 aromatic heterocycles. The van der Waals surface area contributed by atoms with Gasteiger partial charge in [0, 0.05) is 11.4 Å². The lowest BCUT2D eigenvalue weighted by molar-refractivity contribution is -0.117. The molecule has 1 unspecified atom stereocenters. The van der Waals surface area contributed by atoms with Gasteiger partial charge in [-0.15, -0.1) is 0 Å². The van der Waals surface area contributed by atoms with Crippen molar-refractivity contribution in [2.24, 2.45) is 0 Å². The Bertz CT molecular complexity index is 1260. The van der Waals surface area contributed by atoms with E-state index >= 15 is 0 Å². The van der Waals surface area contributed by atoms with Gasteiger partial charge in [-0.2, -0.15) is 5.26 Å². The number of rotatable bonds is 5. The van der Waals surface area contributed by atoms with Crippen LogP contribution in [-0.4, -0.2) is 17.1 Å². The smallest absolute Gasteiger partial charge is 0.269 e. The molecule has 1 fully saturated rings. The Morgan fingerprint density at radius 1 is 1.00 bits per heavy atom. The van der Waals surface area contributed by atoms with Gasteiger partial charge in [-0.1, -0.05) is 66.4 Å². The van der Waals surface area contributed by atoms with E-state index in [4.69, 9.17) is 0 Å². The van der Waals surface area contributed by atoms with Gasteiger partial charge in [0.15, 0.2) is 0 Å². The molecule has 164 valence electrons. The summed E-state index contributed by atoms with van der Waals surface area (Å²) in [6, 6.07) is 26.5. The molecule has 4 rings (SSSR count). The number of hydrogen-bond acceptors (Lipinski definition) is 4. The highest BCUT2D eigenvalue weighted by molar-refractivity contribution is 8.05. The normalized spacial score (nSPS) is 16.9. The minimum absolute atomic E-state index is 0.0778. The van der Waals surface area contributed by atoms with Crippen molar-refractivity contribution in [3.8, 4) is 6.07 Å². The highest BCUT2D eigenvalue weighted by Gasteiger charge is 2.40.